The second-order valence-electron chi connectivity index (χ2n) is 10.7. The minimum absolute atomic E-state index is 0.00180. The summed E-state index contributed by atoms with van der Waals surface area (Å²) in [4.78, 5) is 37.7. The maximum Gasteiger partial charge on any atom is 0.335 e. The van der Waals surface area contributed by atoms with Gasteiger partial charge in [0.05, 0.1) is 0 Å². The number of ether oxygens (including phenoxy) is 3. The predicted octanol–water partition coefficient (Wildman–Crippen LogP) is 8.31. The highest BCUT2D eigenvalue weighted by molar-refractivity contribution is 5.97. The molecule has 230 valence electrons. The van der Waals surface area contributed by atoms with Crippen LogP contribution >= 0.6 is 0 Å². The highest BCUT2D eigenvalue weighted by atomic mass is 16.5. The maximum absolute atomic E-state index is 12.8. The third-order valence-electron chi connectivity index (χ3n) is 7.83. The number of hydrogen-bond donors (Lipinski definition) is 1. The first-order valence-corrected chi connectivity index (χ1v) is 14.6. The third-order valence-corrected chi connectivity index (χ3v) is 7.83. The Kier molecular flexibility index (Phi) is 8.37. The summed E-state index contributed by atoms with van der Waals surface area (Å²) in [5, 5.41) is 15.3. The molecular formula is C40H28O7. The number of phenols is 1. The number of esters is 3. The van der Waals surface area contributed by atoms with Gasteiger partial charge in [-0.25, -0.2) is 14.4 Å². The Morgan fingerprint density at radius 1 is 0.553 bits per heavy atom. The summed E-state index contributed by atoms with van der Waals surface area (Å²) in [5.74, 6) is -2.15. The number of aromatic hydroxyl groups is 1. The molecule has 0 amide bonds. The minimum Gasteiger partial charge on any atom is -0.508 e. The first-order chi connectivity index (χ1) is 22.8. The van der Waals surface area contributed by atoms with E-state index in [0.29, 0.717) is 21.9 Å². The molecule has 0 saturated carbocycles. The zero-order chi connectivity index (χ0) is 33.1. The van der Waals surface area contributed by atoms with Crippen LogP contribution in [0.15, 0.2) is 141 Å². The van der Waals surface area contributed by atoms with E-state index in [1.54, 1.807) is 60.7 Å². The van der Waals surface area contributed by atoms with Gasteiger partial charge in [0.15, 0.2) is 0 Å². The number of rotatable bonds is 9. The van der Waals surface area contributed by atoms with Crippen LogP contribution in [0.1, 0.15) is 22.6 Å². The van der Waals surface area contributed by atoms with Crippen molar-refractivity contribution in [3.8, 4) is 23.0 Å². The van der Waals surface area contributed by atoms with Gasteiger partial charge in [-0.15, -0.1) is 0 Å². The molecule has 7 heteroatoms. The van der Waals surface area contributed by atoms with Crippen molar-refractivity contribution in [1.29, 1.82) is 0 Å². The molecule has 47 heavy (non-hydrogen) atoms. The van der Waals surface area contributed by atoms with Gasteiger partial charge in [0.25, 0.3) is 0 Å². The van der Waals surface area contributed by atoms with Crippen LogP contribution < -0.4 is 14.2 Å². The van der Waals surface area contributed by atoms with E-state index in [9.17, 15) is 19.5 Å². The van der Waals surface area contributed by atoms with Crippen LogP contribution in [-0.4, -0.2) is 23.0 Å². The van der Waals surface area contributed by atoms with Gasteiger partial charge in [0.1, 0.15) is 23.0 Å². The van der Waals surface area contributed by atoms with Crippen molar-refractivity contribution in [2.75, 3.05) is 0 Å². The molecule has 0 spiro atoms. The lowest BCUT2D eigenvalue weighted by atomic mass is 9.79. The Balaban J connectivity index is 1.79. The molecule has 6 aromatic carbocycles. The zero-order valence-corrected chi connectivity index (χ0v) is 25.1. The summed E-state index contributed by atoms with van der Waals surface area (Å²) in [6.45, 7) is 10.6. The molecule has 0 aliphatic carbocycles. The quantitative estimate of drug-likeness (QED) is 0.0751. The van der Waals surface area contributed by atoms with E-state index in [2.05, 4.69) is 19.7 Å². The van der Waals surface area contributed by atoms with Crippen molar-refractivity contribution in [3.63, 3.8) is 0 Å². The van der Waals surface area contributed by atoms with Crippen LogP contribution in [0.3, 0.4) is 0 Å². The molecule has 0 saturated heterocycles. The highest BCUT2D eigenvalue weighted by Crippen LogP contribution is 2.48. The summed E-state index contributed by atoms with van der Waals surface area (Å²) in [5.41, 5.74) is 1.78. The number of phenolic OH excluding ortho intramolecular Hbond substituents is 1. The van der Waals surface area contributed by atoms with Crippen LogP contribution in [0.25, 0.3) is 32.3 Å². The zero-order valence-electron chi connectivity index (χ0n) is 25.1. The summed E-state index contributed by atoms with van der Waals surface area (Å²) in [7, 11) is 0. The molecule has 6 rings (SSSR count). The van der Waals surface area contributed by atoms with E-state index < -0.39 is 23.8 Å². The van der Waals surface area contributed by atoms with Gasteiger partial charge in [-0.3, -0.25) is 0 Å². The fourth-order valence-electron chi connectivity index (χ4n) is 5.77. The molecule has 0 aliphatic heterocycles. The number of fused-ring (bicyclic) bond motifs is 3. The van der Waals surface area contributed by atoms with Gasteiger partial charge >= 0.3 is 17.9 Å². The lowest BCUT2D eigenvalue weighted by Gasteiger charge is -2.26. The molecule has 0 aromatic heterocycles. The molecule has 0 radical (unpaired) electrons. The van der Waals surface area contributed by atoms with E-state index in [-0.39, 0.29) is 23.0 Å². The monoisotopic (exact) mass is 620 g/mol. The molecule has 0 bridgehead atoms. The summed E-state index contributed by atoms with van der Waals surface area (Å²) in [6, 6.07) is 30.8. The van der Waals surface area contributed by atoms with Gasteiger partial charge in [-0.1, -0.05) is 86.5 Å². The van der Waals surface area contributed by atoms with Crippen LogP contribution in [0.2, 0.25) is 0 Å². The molecule has 6 aromatic rings. The van der Waals surface area contributed by atoms with Gasteiger partial charge in [0, 0.05) is 35.3 Å². The molecular weight excluding hydrogens is 592 g/mol. The number of carbonyl (C=O) groups is 3. The molecule has 0 aliphatic rings. The van der Waals surface area contributed by atoms with E-state index >= 15 is 0 Å². The molecule has 0 fully saturated rings. The Bertz CT molecular complexity index is 2260. The Morgan fingerprint density at radius 2 is 1.06 bits per heavy atom. The Labute approximate surface area is 270 Å². The van der Waals surface area contributed by atoms with Crippen LogP contribution in [-0.2, 0) is 14.4 Å². The molecule has 7 nitrogen and oxygen atoms in total. The molecule has 1 N–H and O–H groups in total. The fourth-order valence-corrected chi connectivity index (χ4v) is 5.77. The van der Waals surface area contributed by atoms with Gasteiger partial charge in [-0.05, 0) is 74.3 Å². The predicted molar refractivity (Wildman–Crippen MR) is 182 cm³/mol. The van der Waals surface area contributed by atoms with Gasteiger partial charge in [0.2, 0.25) is 0 Å². The normalized spacial score (nSPS) is 11.5. The fraction of sp³-hybridized carbons (Fsp3) is 0.0250. The van der Waals surface area contributed by atoms with Crippen molar-refractivity contribution in [3.05, 3.63) is 158 Å². The van der Waals surface area contributed by atoms with E-state index in [4.69, 9.17) is 14.2 Å². The van der Waals surface area contributed by atoms with E-state index in [1.165, 1.54) is 0 Å². The van der Waals surface area contributed by atoms with Crippen molar-refractivity contribution in [1.82, 2.24) is 0 Å². The summed E-state index contributed by atoms with van der Waals surface area (Å²) >= 11 is 0. The van der Waals surface area contributed by atoms with Gasteiger partial charge < -0.3 is 19.3 Å². The lowest BCUT2D eigenvalue weighted by Crippen LogP contribution is -2.14. The highest BCUT2D eigenvalue weighted by Gasteiger charge is 2.30. The maximum atomic E-state index is 12.8. The smallest absolute Gasteiger partial charge is 0.335 e. The SMILES string of the molecule is C=CC(=O)Oc1ccc2ccc(OC(=O)C=C)c(C(c3ccc4ccccc4c3)c3c(OC(=O)C=C)ccc4ccc(O)cc34)c2c1. The second kappa shape index (κ2) is 12.9. The van der Waals surface area contributed by atoms with Crippen molar-refractivity contribution < 1.29 is 33.7 Å². The van der Waals surface area contributed by atoms with Gasteiger partial charge in [-0.2, -0.15) is 0 Å². The number of benzene rings is 6. The van der Waals surface area contributed by atoms with Crippen LogP contribution in [0.4, 0.5) is 0 Å². The Morgan fingerprint density at radius 3 is 1.68 bits per heavy atom. The van der Waals surface area contributed by atoms with Crippen molar-refractivity contribution in [2.45, 2.75) is 5.92 Å². The standard InChI is InChI=1S/C40H28O7/c1-4-35(42)45-30-18-14-26-16-20-34(47-37(44)6-3)40(32(26)23-30)38(28-12-11-24-9-7-8-10-27(24)21-28)39-31-22-29(41)17-13-25(31)15-19-33(39)46-36(43)5-2/h4-23,38,41H,1-3H2. The largest absolute Gasteiger partial charge is 0.508 e. The first-order valence-electron chi connectivity index (χ1n) is 14.6. The van der Waals surface area contributed by atoms with Crippen LogP contribution in [0.5, 0.6) is 23.0 Å². The minimum atomic E-state index is -0.778. The van der Waals surface area contributed by atoms with Crippen molar-refractivity contribution >= 4 is 50.2 Å². The topological polar surface area (TPSA) is 99.1 Å². The number of carbonyl (C=O) groups excluding carboxylic acids is 3. The van der Waals surface area contributed by atoms with Crippen molar-refractivity contribution in [2.24, 2.45) is 0 Å². The second-order valence-corrected chi connectivity index (χ2v) is 10.7. The Hall–Kier alpha value is -6.47. The average molecular weight is 621 g/mol. The van der Waals surface area contributed by atoms with Crippen LogP contribution in [0, 0.1) is 0 Å². The molecule has 1 atom stereocenters. The first kappa shape index (κ1) is 30.6. The molecule has 0 heterocycles. The lowest BCUT2D eigenvalue weighted by molar-refractivity contribution is -0.129. The molecule has 1 unspecified atom stereocenters. The van der Waals surface area contributed by atoms with E-state index in [0.717, 1.165) is 45.3 Å². The average Bonchev–Trinajstić information content (AvgIpc) is 3.09. The summed E-state index contributed by atoms with van der Waals surface area (Å²) in [6.07, 6.45) is 3.19. The summed E-state index contributed by atoms with van der Waals surface area (Å²) < 4.78 is 17.2. The number of hydrogen-bond acceptors (Lipinski definition) is 7. The van der Waals surface area contributed by atoms with E-state index in [1.807, 2.05) is 42.5 Å². The third kappa shape index (κ3) is 6.10.